The van der Waals surface area contributed by atoms with Gasteiger partial charge in [-0.05, 0) is 59.4 Å². The highest BCUT2D eigenvalue weighted by Gasteiger charge is 2.43. The second-order valence-electron chi connectivity index (χ2n) is 7.83. The molecule has 152 valence electrons. The van der Waals surface area contributed by atoms with E-state index in [1.54, 1.807) is 12.1 Å². The van der Waals surface area contributed by atoms with Gasteiger partial charge in [-0.1, -0.05) is 48.5 Å². The fraction of sp³-hybridized carbons (Fsp3) is 0.115. The molecule has 0 bridgehead atoms. The number of carbonyl (C=O) groups is 1. The van der Waals surface area contributed by atoms with Crippen molar-refractivity contribution in [2.75, 3.05) is 0 Å². The van der Waals surface area contributed by atoms with Gasteiger partial charge in [-0.3, -0.25) is 4.79 Å². The summed E-state index contributed by atoms with van der Waals surface area (Å²) in [7, 11) is 0. The number of aromatic nitrogens is 2. The van der Waals surface area contributed by atoms with Crippen LogP contribution in [0.3, 0.4) is 0 Å². The van der Waals surface area contributed by atoms with Crippen molar-refractivity contribution in [3.63, 3.8) is 0 Å². The van der Waals surface area contributed by atoms with Gasteiger partial charge in [0.15, 0.2) is 5.78 Å². The van der Waals surface area contributed by atoms with Crippen molar-refractivity contribution in [2.24, 2.45) is 0 Å². The standard InChI is InChI=1S/C26H18F2N2O/c27-23-13-17(9-11-29-23)15-26(16-18-10-12-30-24(28)14-18)21-7-3-1-5-19(21)25(31)20-6-2-4-8-22(20)26/h1-14H,15-16H2. The van der Waals surface area contributed by atoms with Gasteiger partial charge in [-0.15, -0.1) is 0 Å². The molecule has 5 rings (SSSR count). The third-order valence-electron chi connectivity index (χ3n) is 5.97. The van der Waals surface area contributed by atoms with Gasteiger partial charge in [0.1, 0.15) is 0 Å². The van der Waals surface area contributed by atoms with Crippen LogP contribution in [-0.2, 0) is 18.3 Å². The summed E-state index contributed by atoms with van der Waals surface area (Å²) < 4.78 is 27.9. The van der Waals surface area contributed by atoms with E-state index >= 15 is 0 Å². The largest absolute Gasteiger partial charge is 0.289 e. The van der Waals surface area contributed by atoms with Gasteiger partial charge in [0.05, 0.1) is 0 Å². The summed E-state index contributed by atoms with van der Waals surface area (Å²) in [6, 6.07) is 21.4. The first-order valence-corrected chi connectivity index (χ1v) is 10.0. The maximum Gasteiger partial charge on any atom is 0.213 e. The Bertz CT molecular complexity index is 1200. The summed E-state index contributed by atoms with van der Waals surface area (Å²) in [5, 5.41) is 0. The van der Waals surface area contributed by atoms with E-state index < -0.39 is 17.3 Å². The van der Waals surface area contributed by atoms with Crippen LogP contribution in [0, 0.1) is 11.9 Å². The molecule has 1 aliphatic carbocycles. The molecule has 2 aromatic heterocycles. The molecule has 0 amide bonds. The molecule has 0 spiro atoms. The number of pyridine rings is 2. The zero-order valence-electron chi connectivity index (χ0n) is 16.6. The second kappa shape index (κ2) is 7.51. The molecule has 0 atom stereocenters. The summed E-state index contributed by atoms with van der Waals surface area (Å²) in [5.41, 5.74) is 3.75. The Hall–Kier alpha value is -3.73. The SMILES string of the molecule is O=C1c2ccccc2C(Cc2ccnc(F)c2)(Cc2ccnc(F)c2)c2ccccc21. The Kier molecular flexibility index (Phi) is 4.66. The molecular formula is C26H18F2N2O. The number of nitrogens with zero attached hydrogens (tertiary/aromatic N) is 2. The predicted octanol–water partition coefficient (Wildman–Crippen LogP) is 5.07. The molecule has 3 nitrogen and oxygen atoms in total. The molecular weight excluding hydrogens is 394 g/mol. The fourth-order valence-electron chi connectivity index (χ4n) is 4.73. The van der Waals surface area contributed by atoms with Crippen molar-refractivity contribution in [3.8, 4) is 0 Å². The third kappa shape index (κ3) is 3.32. The number of halogens is 2. The average Bonchev–Trinajstić information content (AvgIpc) is 2.78. The lowest BCUT2D eigenvalue weighted by atomic mass is 9.61. The summed E-state index contributed by atoms with van der Waals surface area (Å²) in [4.78, 5) is 20.6. The van der Waals surface area contributed by atoms with Crippen molar-refractivity contribution >= 4 is 5.78 Å². The summed E-state index contributed by atoms with van der Waals surface area (Å²) >= 11 is 0. The Labute approximate surface area is 178 Å². The summed E-state index contributed by atoms with van der Waals surface area (Å²) in [6.07, 6.45) is 3.74. The fourth-order valence-corrected chi connectivity index (χ4v) is 4.73. The van der Waals surface area contributed by atoms with E-state index in [9.17, 15) is 13.6 Å². The van der Waals surface area contributed by atoms with Crippen molar-refractivity contribution < 1.29 is 13.6 Å². The predicted molar refractivity (Wildman–Crippen MR) is 113 cm³/mol. The zero-order chi connectivity index (χ0) is 21.4. The number of hydrogen-bond acceptors (Lipinski definition) is 3. The first-order valence-electron chi connectivity index (χ1n) is 10.0. The van der Waals surface area contributed by atoms with E-state index in [4.69, 9.17) is 0 Å². The maximum absolute atomic E-state index is 14.0. The van der Waals surface area contributed by atoms with Gasteiger partial charge in [-0.25, -0.2) is 9.97 Å². The summed E-state index contributed by atoms with van der Waals surface area (Å²) in [5.74, 6) is -1.16. The molecule has 0 N–H and O–H groups in total. The van der Waals surface area contributed by atoms with Crippen LogP contribution in [0.4, 0.5) is 8.78 Å². The van der Waals surface area contributed by atoms with Gasteiger partial charge >= 0.3 is 0 Å². The van der Waals surface area contributed by atoms with Crippen molar-refractivity contribution in [1.29, 1.82) is 0 Å². The molecule has 0 aliphatic heterocycles. The zero-order valence-corrected chi connectivity index (χ0v) is 16.6. The van der Waals surface area contributed by atoms with Gasteiger partial charge in [0.2, 0.25) is 11.9 Å². The van der Waals surface area contributed by atoms with Crippen LogP contribution in [0.25, 0.3) is 0 Å². The van der Waals surface area contributed by atoms with Gasteiger partial charge in [0.25, 0.3) is 0 Å². The lowest BCUT2D eigenvalue weighted by molar-refractivity contribution is 0.102. The number of fused-ring (bicyclic) bond motifs is 2. The molecule has 0 unspecified atom stereocenters. The van der Waals surface area contributed by atoms with E-state index in [0.717, 1.165) is 22.3 Å². The average molecular weight is 412 g/mol. The molecule has 2 aromatic carbocycles. The minimum atomic E-state index is -0.692. The van der Waals surface area contributed by atoms with E-state index in [1.165, 1.54) is 24.5 Å². The number of benzene rings is 2. The summed E-state index contributed by atoms with van der Waals surface area (Å²) in [6.45, 7) is 0. The van der Waals surface area contributed by atoms with E-state index in [-0.39, 0.29) is 5.78 Å². The molecule has 4 aromatic rings. The van der Waals surface area contributed by atoms with Gasteiger partial charge < -0.3 is 0 Å². The molecule has 31 heavy (non-hydrogen) atoms. The molecule has 0 saturated heterocycles. The van der Waals surface area contributed by atoms with Crippen LogP contribution < -0.4 is 0 Å². The van der Waals surface area contributed by atoms with Crippen LogP contribution in [0.2, 0.25) is 0 Å². The number of carbonyl (C=O) groups excluding carboxylic acids is 1. The lowest BCUT2D eigenvalue weighted by Gasteiger charge is -2.41. The lowest BCUT2D eigenvalue weighted by Crippen LogP contribution is -2.40. The van der Waals surface area contributed by atoms with Crippen molar-refractivity contribution in [1.82, 2.24) is 9.97 Å². The van der Waals surface area contributed by atoms with Crippen molar-refractivity contribution in [2.45, 2.75) is 18.3 Å². The topological polar surface area (TPSA) is 42.9 Å². The normalized spacial score (nSPS) is 14.1. The molecule has 0 fully saturated rings. The van der Waals surface area contributed by atoms with Crippen molar-refractivity contribution in [3.05, 3.63) is 130 Å². The molecule has 0 radical (unpaired) electrons. The quantitative estimate of drug-likeness (QED) is 0.440. The van der Waals surface area contributed by atoms with E-state index in [2.05, 4.69) is 9.97 Å². The highest BCUT2D eigenvalue weighted by atomic mass is 19.1. The van der Waals surface area contributed by atoms with Gasteiger partial charge in [-0.2, -0.15) is 8.78 Å². The highest BCUT2D eigenvalue weighted by Crippen LogP contribution is 2.46. The number of rotatable bonds is 4. The Morgan fingerprint density at radius 2 is 1.13 bits per heavy atom. The maximum atomic E-state index is 14.0. The van der Waals surface area contributed by atoms with Crippen LogP contribution in [0.15, 0.2) is 85.2 Å². The first kappa shape index (κ1) is 19.2. The highest BCUT2D eigenvalue weighted by molar-refractivity contribution is 6.13. The Balaban J connectivity index is 1.79. The third-order valence-corrected chi connectivity index (χ3v) is 5.97. The first-order chi connectivity index (χ1) is 15.1. The smallest absolute Gasteiger partial charge is 0.213 e. The van der Waals surface area contributed by atoms with E-state index in [1.807, 2.05) is 48.5 Å². The Morgan fingerprint density at radius 1 is 0.677 bits per heavy atom. The monoisotopic (exact) mass is 412 g/mol. The number of hydrogen-bond donors (Lipinski definition) is 0. The minimum absolute atomic E-state index is 0.0383. The Morgan fingerprint density at radius 3 is 1.58 bits per heavy atom. The molecule has 1 aliphatic rings. The van der Waals surface area contributed by atoms with Crippen LogP contribution in [0.1, 0.15) is 38.2 Å². The minimum Gasteiger partial charge on any atom is -0.289 e. The second-order valence-corrected chi connectivity index (χ2v) is 7.83. The van der Waals surface area contributed by atoms with Crippen LogP contribution in [-0.4, -0.2) is 15.8 Å². The molecule has 5 heteroatoms. The van der Waals surface area contributed by atoms with Crippen LogP contribution >= 0.6 is 0 Å². The molecule has 2 heterocycles. The molecule has 0 saturated carbocycles. The van der Waals surface area contributed by atoms with Crippen LogP contribution in [0.5, 0.6) is 0 Å². The van der Waals surface area contributed by atoms with Gasteiger partial charge in [0, 0.05) is 28.9 Å². The number of ketones is 1. The van der Waals surface area contributed by atoms with E-state index in [0.29, 0.717) is 24.0 Å².